The van der Waals surface area contributed by atoms with Crippen LogP contribution >= 0.6 is 23.4 Å². The zero-order valence-corrected chi connectivity index (χ0v) is 18.2. The Balaban J connectivity index is 1.50. The first-order chi connectivity index (χ1) is 14.4. The molecule has 1 saturated heterocycles. The van der Waals surface area contributed by atoms with Crippen LogP contribution in [0.15, 0.2) is 53.7 Å². The molecule has 30 heavy (non-hydrogen) atoms. The number of rotatable bonds is 6. The van der Waals surface area contributed by atoms with E-state index < -0.39 is 9.84 Å². The molecule has 1 aromatic heterocycles. The number of sulfone groups is 1. The molecule has 0 aliphatic carbocycles. The molecule has 1 aliphatic heterocycles. The number of nitrogens with zero attached hydrogens (tertiary/aromatic N) is 2. The number of benzene rings is 2. The van der Waals surface area contributed by atoms with E-state index in [9.17, 15) is 13.2 Å². The molecule has 0 unspecified atom stereocenters. The molecule has 3 aromatic rings. The van der Waals surface area contributed by atoms with E-state index in [0.717, 1.165) is 16.6 Å². The van der Waals surface area contributed by atoms with Gasteiger partial charge in [0.2, 0.25) is 5.91 Å². The third-order valence-corrected chi connectivity index (χ3v) is 7.58. The molecule has 0 saturated carbocycles. The first-order valence-electron chi connectivity index (χ1n) is 9.30. The predicted octanol–water partition coefficient (Wildman–Crippen LogP) is 3.42. The van der Waals surface area contributed by atoms with Gasteiger partial charge in [0.25, 0.3) is 0 Å². The quantitative estimate of drug-likeness (QED) is 0.427. The molecule has 7 nitrogen and oxygen atoms in total. The Morgan fingerprint density at radius 1 is 1.13 bits per heavy atom. The molecule has 2 aromatic carbocycles. The topological polar surface area (TPSA) is 101 Å². The average molecular weight is 463 g/mol. The molecule has 1 fully saturated rings. The van der Waals surface area contributed by atoms with Crippen LogP contribution in [0, 0.1) is 0 Å². The summed E-state index contributed by atoms with van der Waals surface area (Å²) in [6.07, 6.45) is 0.455. The first kappa shape index (κ1) is 20.9. The Morgan fingerprint density at radius 3 is 2.67 bits per heavy atom. The van der Waals surface area contributed by atoms with Gasteiger partial charge in [-0.05, 0) is 30.7 Å². The van der Waals surface area contributed by atoms with Crippen molar-refractivity contribution in [3.05, 3.63) is 53.6 Å². The molecule has 156 valence electrons. The van der Waals surface area contributed by atoms with Crippen LogP contribution in [-0.2, 0) is 14.6 Å². The second kappa shape index (κ2) is 8.79. The molecule has 0 spiro atoms. The van der Waals surface area contributed by atoms with E-state index in [1.54, 1.807) is 6.07 Å². The van der Waals surface area contributed by atoms with Gasteiger partial charge in [-0.3, -0.25) is 4.79 Å². The van der Waals surface area contributed by atoms with Crippen molar-refractivity contribution in [3.8, 4) is 0 Å². The van der Waals surface area contributed by atoms with E-state index in [1.165, 1.54) is 11.8 Å². The fourth-order valence-electron chi connectivity index (χ4n) is 3.21. The summed E-state index contributed by atoms with van der Waals surface area (Å²) in [5.41, 5.74) is 1.46. The van der Waals surface area contributed by atoms with Gasteiger partial charge < -0.3 is 10.6 Å². The number of nitrogens with one attached hydrogen (secondary N) is 2. The largest absolute Gasteiger partial charge is 0.352 e. The lowest BCUT2D eigenvalue weighted by Gasteiger charge is -2.12. The van der Waals surface area contributed by atoms with Crippen molar-refractivity contribution >= 4 is 61.5 Å². The Morgan fingerprint density at radius 2 is 1.90 bits per heavy atom. The van der Waals surface area contributed by atoms with Gasteiger partial charge in [-0.15, -0.1) is 0 Å². The second-order valence-corrected chi connectivity index (χ2v) is 10.5. The Bertz CT molecular complexity index is 1200. The van der Waals surface area contributed by atoms with Crippen LogP contribution in [0.25, 0.3) is 10.9 Å². The van der Waals surface area contributed by atoms with Gasteiger partial charge >= 0.3 is 0 Å². The molecule has 1 atom stereocenters. The maximum atomic E-state index is 12.3. The third kappa shape index (κ3) is 5.03. The molecule has 10 heteroatoms. The molecule has 0 radical (unpaired) electrons. The fraction of sp³-hybridized carbons (Fsp3) is 0.250. The number of thioether (sulfide) groups is 1. The highest BCUT2D eigenvalue weighted by atomic mass is 35.5. The average Bonchev–Trinajstić information content (AvgIpc) is 3.06. The molecule has 2 N–H and O–H groups in total. The monoisotopic (exact) mass is 462 g/mol. The minimum Gasteiger partial charge on any atom is -0.352 e. The summed E-state index contributed by atoms with van der Waals surface area (Å²) in [6.45, 7) is 0. The van der Waals surface area contributed by atoms with Crippen molar-refractivity contribution in [1.82, 2.24) is 15.3 Å². The van der Waals surface area contributed by atoms with Crippen molar-refractivity contribution in [1.29, 1.82) is 0 Å². The smallest absolute Gasteiger partial charge is 0.230 e. The van der Waals surface area contributed by atoms with Crippen LogP contribution in [-0.4, -0.2) is 47.6 Å². The summed E-state index contributed by atoms with van der Waals surface area (Å²) in [5.74, 6) is 0.580. The summed E-state index contributed by atoms with van der Waals surface area (Å²) < 4.78 is 23.1. The maximum absolute atomic E-state index is 12.3. The van der Waals surface area contributed by atoms with Crippen LogP contribution in [0.4, 0.5) is 11.5 Å². The highest BCUT2D eigenvalue weighted by Crippen LogP contribution is 2.29. The lowest BCUT2D eigenvalue weighted by atomic mass is 10.2. The Labute approximate surface area is 183 Å². The first-order valence-corrected chi connectivity index (χ1v) is 12.5. The van der Waals surface area contributed by atoms with Gasteiger partial charge in [0, 0.05) is 11.4 Å². The highest BCUT2D eigenvalue weighted by molar-refractivity contribution is 7.99. The van der Waals surface area contributed by atoms with Crippen molar-refractivity contribution in [2.24, 2.45) is 0 Å². The number of aromatic nitrogens is 2. The number of carbonyl (C=O) groups excluding carboxylic acids is 1. The number of fused-ring (bicyclic) bond motifs is 1. The van der Waals surface area contributed by atoms with Gasteiger partial charge in [-0.2, -0.15) is 0 Å². The van der Waals surface area contributed by atoms with Crippen LogP contribution in [0.3, 0.4) is 0 Å². The molecule has 4 rings (SSSR count). The van der Waals surface area contributed by atoms with Gasteiger partial charge in [-0.25, -0.2) is 18.4 Å². The van der Waals surface area contributed by atoms with Crippen molar-refractivity contribution in [2.75, 3.05) is 22.6 Å². The maximum Gasteiger partial charge on any atom is 0.230 e. The van der Waals surface area contributed by atoms with Gasteiger partial charge in [-0.1, -0.05) is 47.6 Å². The van der Waals surface area contributed by atoms with Crippen LogP contribution < -0.4 is 10.6 Å². The van der Waals surface area contributed by atoms with E-state index >= 15 is 0 Å². The van der Waals surface area contributed by atoms with Crippen LogP contribution in [0.5, 0.6) is 0 Å². The van der Waals surface area contributed by atoms with Crippen molar-refractivity contribution < 1.29 is 13.2 Å². The number of amides is 1. The number of hydrogen-bond donors (Lipinski definition) is 2. The summed E-state index contributed by atoms with van der Waals surface area (Å²) in [7, 11) is -3.04. The molecular weight excluding hydrogens is 444 g/mol. The summed E-state index contributed by atoms with van der Waals surface area (Å²) in [6, 6.07) is 14.6. The molecule has 1 aliphatic rings. The number of anilines is 2. The summed E-state index contributed by atoms with van der Waals surface area (Å²) in [4.78, 5) is 21.4. The minimum atomic E-state index is -3.04. The van der Waals surface area contributed by atoms with Crippen molar-refractivity contribution in [2.45, 2.75) is 17.6 Å². The van der Waals surface area contributed by atoms with E-state index in [0.29, 0.717) is 22.4 Å². The van der Waals surface area contributed by atoms with Crippen LogP contribution in [0.2, 0.25) is 5.02 Å². The predicted molar refractivity (Wildman–Crippen MR) is 120 cm³/mol. The zero-order chi connectivity index (χ0) is 21.1. The normalized spacial score (nSPS) is 17.7. The van der Waals surface area contributed by atoms with Crippen molar-refractivity contribution in [3.63, 3.8) is 0 Å². The summed E-state index contributed by atoms with van der Waals surface area (Å²) >= 11 is 7.46. The lowest BCUT2D eigenvalue weighted by Crippen LogP contribution is -2.36. The van der Waals surface area contributed by atoms with E-state index in [1.807, 2.05) is 42.5 Å². The van der Waals surface area contributed by atoms with E-state index in [4.69, 9.17) is 11.6 Å². The molecule has 1 amide bonds. The molecular formula is C20H19ClN4O3S2. The standard InChI is InChI=1S/C20H19ClN4O3S2/c21-15-6-2-4-8-17(15)23-19-14-5-1-3-7-16(14)24-20(25-19)29-11-18(26)22-13-9-10-30(27,28)12-13/h1-8,13H,9-12H2,(H,22,26)(H,23,24,25)/t13-/m0/s1. The number of halogens is 1. The molecule has 2 heterocycles. The zero-order valence-electron chi connectivity index (χ0n) is 15.8. The fourth-order valence-corrected chi connectivity index (χ4v) is 5.73. The third-order valence-electron chi connectivity index (χ3n) is 4.64. The number of carbonyl (C=O) groups is 1. The summed E-state index contributed by atoms with van der Waals surface area (Å²) in [5, 5.41) is 7.87. The Kier molecular flexibility index (Phi) is 6.12. The van der Waals surface area contributed by atoms with Gasteiger partial charge in [0.05, 0.1) is 33.5 Å². The van der Waals surface area contributed by atoms with E-state index in [2.05, 4.69) is 20.6 Å². The van der Waals surface area contributed by atoms with Gasteiger partial charge in [0.1, 0.15) is 5.82 Å². The van der Waals surface area contributed by atoms with Gasteiger partial charge in [0.15, 0.2) is 15.0 Å². The van der Waals surface area contributed by atoms with E-state index in [-0.39, 0.29) is 29.2 Å². The highest BCUT2D eigenvalue weighted by Gasteiger charge is 2.28. The number of para-hydroxylation sites is 2. The Hall–Kier alpha value is -2.36. The lowest BCUT2D eigenvalue weighted by molar-refractivity contribution is -0.119. The minimum absolute atomic E-state index is 0.00177. The van der Waals surface area contributed by atoms with Crippen LogP contribution in [0.1, 0.15) is 6.42 Å². The SMILES string of the molecule is O=C(CSc1nc(Nc2ccccc2Cl)c2ccccc2n1)N[C@H]1CCS(=O)(=O)C1. The molecule has 0 bridgehead atoms. The number of hydrogen-bond acceptors (Lipinski definition) is 7. The second-order valence-electron chi connectivity index (χ2n) is 6.93.